The summed E-state index contributed by atoms with van der Waals surface area (Å²) in [6.45, 7) is 3.49. The van der Waals surface area contributed by atoms with E-state index >= 15 is 35.1 Å². The van der Waals surface area contributed by atoms with Gasteiger partial charge in [-0.25, -0.2) is 52.7 Å². The minimum atomic E-state index is -5.62. The molecule has 0 atom stereocenters. The molecule has 0 aromatic heterocycles. The molecule has 0 bridgehead atoms. The Morgan fingerprint density at radius 2 is 0.696 bits per heavy atom. The van der Waals surface area contributed by atoms with Gasteiger partial charge in [-0.1, -0.05) is 123 Å². The number of halogens is 21. The Labute approximate surface area is 434 Å². The zero-order valence-electron chi connectivity index (χ0n) is 34.1. The van der Waals surface area contributed by atoms with Gasteiger partial charge in [-0.3, -0.25) is 0 Å². The third-order valence-corrected chi connectivity index (χ3v) is 16.0. The molecular weight excluding hydrogens is 1230 g/mol. The van der Waals surface area contributed by atoms with Crippen LogP contribution in [0.1, 0.15) is 0 Å². The third-order valence-electron chi connectivity index (χ3n) is 9.78. The van der Waals surface area contributed by atoms with E-state index in [2.05, 4.69) is 36.4 Å². The van der Waals surface area contributed by atoms with E-state index in [9.17, 15) is 17.6 Å². The predicted octanol–water partition coefficient (Wildman–Crippen LogP) is 9.83. The highest BCUT2D eigenvalue weighted by Gasteiger charge is 2.50. The second-order valence-corrected chi connectivity index (χ2v) is 19.7. The Bertz CT molecular complexity index is 2490. The van der Waals surface area contributed by atoms with Crippen LogP contribution in [0.5, 0.6) is 5.75 Å². The van der Waals surface area contributed by atoms with Crippen molar-refractivity contribution in [3.8, 4) is 5.75 Å². The molecule has 6 aromatic rings. The van der Waals surface area contributed by atoms with E-state index in [0.29, 0.717) is 39.6 Å². The van der Waals surface area contributed by atoms with Gasteiger partial charge in [-0.05, 0) is 24.3 Å². The number of benzene rings is 6. The van der Waals surface area contributed by atoms with E-state index in [4.69, 9.17) is 112 Å². The van der Waals surface area contributed by atoms with Crippen molar-refractivity contribution in [2.45, 2.75) is 0 Å². The van der Waals surface area contributed by atoms with Crippen molar-refractivity contribution in [2.24, 2.45) is 0 Å². The highest BCUT2D eigenvalue weighted by Crippen LogP contribution is 2.40. The van der Waals surface area contributed by atoms with Crippen LogP contribution in [0.15, 0.2) is 54.6 Å². The molecule has 0 saturated heterocycles. The van der Waals surface area contributed by atoms with E-state index in [1.807, 2.05) is 18.2 Å². The molecular formula is C43H24BCl8F12IO4. The Morgan fingerprint density at radius 3 is 1.06 bits per heavy atom. The van der Waals surface area contributed by atoms with Crippen LogP contribution >= 0.6 is 92.8 Å². The fraction of sp³-hybridized carbons (Fsp3) is 0.163. The van der Waals surface area contributed by atoms with Crippen LogP contribution in [-0.2, 0) is 14.2 Å². The van der Waals surface area contributed by atoms with E-state index in [-0.39, 0.29) is 21.2 Å². The van der Waals surface area contributed by atoms with Gasteiger partial charge in [-0.15, -0.1) is 21.9 Å². The van der Waals surface area contributed by atoms with E-state index in [1.165, 1.54) is 7.14 Å². The summed E-state index contributed by atoms with van der Waals surface area (Å²) < 4.78 is 207. The van der Waals surface area contributed by atoms with Gasteiger partial charge in [0.15, 0.2) is 55.9 Å². The Kier molecular flexibility index (Phi) is 20.6. The average molecular weight is 1250 g/mol. The molecule has 370 valence electrons. The van der Waals surface area contributed by atoms with Gasteiger partial charge in [0.2, 0.25) is 3.57 Å². The van der Waals surface area contributed by atoms with E-state index < -0.39 is 138 Å². The van der Waals surface area contributed by atoms with Crippen LogP contribution in [0, 0.1) is 76.9 Å². The van der Waals surface area contributed by atoms with Crippen LogP contribution < -0.4 is 47.8 Å². The first-order chi connectivity index (χ1) is 32.6. The summed E-state index contributed by atoms with van der Waals surface area (Å²) in [5.74, 6) is -30.3. The van der Waals surface area contributed by atoms with Crippen molar-refractivity contribution >= 4 is 121 Å². The SMILES string of the molecule is COCCOCCOCCOc1ccccc1[I+]c1ccccc1.Fc1c(F)c(Cl)c(Cl)c([B-](c2c(F)c(F)c(F)c(Cl)c2Cl)(c2c(F)c(F)c(F)c(Cl)c2Cl)c2c(F)c(F)c(F)c(Cl)c2Cl)c1F. The van der Waals surface area contributed by atoms with Crippen molar-refractivity contribution in [3.05, 3.63) is 172 Å². The maximum atomic E-state index is 16.0. The average Bonchev–Trinajstić information content (AvgIpc) is 3.34. The van der Waals surface area contributed by atoms with Gasteiger partial charge in [0, 0.05) is 27.2 Å². The number of hydrogen-bond donors (Lipinski definition) is 0. The number of methoxy groups -OCH3 is 1. The lowest BCUT2D eigenvalue weighted by atomic mass is 9.12. The summed E-state index contributed by atoms with van der Waals surface area (Å²) in [4.78, 5) is 0. The molecule has 6 rings (SSSR count). The van der Waals surface area contributed by atoms with Crippen LogP contribution in [0.3, 0.4) is 0 Å². The van der Waals surface area contributed by atoms with Gasteiger partial charge in [0.25, 0.3) is 0 Å². The first-order valence-electron chi connectivity index (χ1n) is 18.9. The molecule has 0 aliphatic rings. The number of rotatable bonds is 16. The summed E-state index contributed by atoms with van der Waals surface area (Å²) in [6.07, 6.45) is -5.62. The molecule has 0 radical (unpaired) electrons. The van der Waals surface area contributed by atoms with Gasteiger partial charge < -0.3 is 18.9 Å². The number of hydrogen-bond acceptors (Lipinski definition) is 4. The molecule has 0 aliphatic heterocycles. The lowest BCUT2D eigenvalue weighted by Crippen LogP contribution is -3.61. The molecule has 0 heterocycles. The van der Waals surface area contributed by atoms with Crippen molar-refractivity contribution in [3.63, 3.8) is 0 Å². The third kappa shape index (κ3) is 11.4. The maximum Gasteiger partial charge on any atom is 0.362 e. The normalized spacial score (nSPS) is 11.6. The van der Waals surface area contributed by atoms with Crippen molar-refractivity contribution in [1.82, 2.24) is 0 Å². The zero-order valence-corrected chi connectivity index (χ0v) is 42.3. The van der Waals surface area contributed by atoms with E-state index in [1.54, 1.807) is 7.11 Å². The monoisotopic (exact) mass is 1250 g/mol. The Balaban J connectivity index is 0.000000311. The lowest BCUT2D eigenvalue weighted by molar-refractivity contribution is -0.598. The molecule has 0 spiro atoms. The minimum absolute atomic E-state index is 0.229. The molecule has 6 aromatic carbocycles. The quantitative estimate of drug-likeness (QED) is 0.0242. The second-order valence-electron chi connectivity index (χ2n) is 13.7. The molecule has 0 aliphatic carbocycles. The number of ether oxygens (including phenoxy) is 4. The van der Waals surface area contributed by atoms with Crippen LogP contribution in [0.4, 0.5) is 52.7 Å². The fourth-order valence-electron chi connectivity index (χ4n) is 6.78. The summed E-state index contributed by atoms with van der Waals surface area (Å²) >= 11 is 46.4. The van der Waals surface area contributed by atoms with Gasteiger partial charge in [0.05, 0.1) is 53.1 Å². The van der Waals surface area contributed by atoms with Crippen LogP contribution in [0.25, 0.3) is 0 Å². The summed E-state index contributed by atoms with van der Waals surface area (Å²) in [6, 6.07) is 18.8. The first kappa shape index (κ1) is 57.2. The van der Waals surface area contributed by atoms with Crippen molar-refractivity contribution in [2.75, 3.05) is 46.8 Å². The summed E-state index contributed by atoms with van der Waals surface area (Å²) in [7, 11) is 1.66. The first-order valence-corrected chi connectivity index (χ1v) is 24.1. The molecule has 0 fully saturated rings. The van der Waals surface area contributed by atoms with E-state index in [0.717, 1.165) is 5.75 Å². The minimum Gasteiger partial charge on any atom is -0.486 e. The fourth-order valence-corrected chi connectivity index (χ4v) is 11.3. The molecule has 0 unspecified atom stereocenters. The molecule has 0 saturated carbocycles. The molecule has 26 heteroatoms. The molecule has 0 N–H and O–H groups in total. The van der Waals surface area contributed by atoms with Gasteiger partial charge in [-0.2, -0.15) is 0 Å². The highest BCUT2D eigenvalue weighted by molar-refractivity contribution is 7.22. The van der Waals surface area contributed by atoms with Crippen LogP contribution in [0.2, 0.25) is 40.2 Å². The Morgan fingerprint density at radius 1 is 0.377 bits per heavy atom. The van der Waals surface area contributed by atoms with Crippen molar-refractivity contribution in [1.29, 1.82) is 0 Å². The second kappa shape index (κ2) is 24.8. The predicted molar refractivity (Wildman–Crippen MR) is 239 cm³/mol. The van der Waals surface area contributed by atoms with Gasteiger partial charge >= 0.3 is 21.2 Å². The maximum absolute atomic E-state index is 16.0. The number of para-hydroxylation sites is 1. The van der Waals surface area contributed by atoms with Gasteiger partial charge in [0.1, 0.15) is 36.0 Å². The molecule has 4 nitrogen and oxygen atoms in total. The summed E-state index contributed by atoms with van der Waals surface area (Å²) in [5.41, 5.74) is -8.47. The zero-order chi connectivity index (χ0) is 51.2. The smallest absolute Gasteiger partial charge is 0.362 e. The summed E-state index contributed by atoms with van der Waals surface area (Å²) in [5, 5.41) is -13.9. The van der Waals surface area contributed by atoms with Crippen LogP contribution in [-0.4, -0.2) is 52.9 Å². The standard InChI is InChI=1S/C24BCl8F12.C19H24IO4/c26-5-1(13(34)21(42)17(38)9(5)30)25(2-6(27)10(31)18(39)22(43)14(2)35,3-7(28)11(32)19(40)23(44)15(3)36)4-8(29)12(33)20(41)24(45)16(4)37;1-21-11-12-22-13-14-23-15-16-24-19-10-6-5-9-18(19)20-17-7-3-2-4-8-17/h;2-10H,11-16H2,1H3/q-1;+1. The topological polar surface area (TPSA) is 36.9 Å². The Hall–Kier alpha value is -2.73. The largest absolute Gasteiger partial charge is 0.486 e. The molecule has 0 amide bonds. The molecule has 69 heavy (non-hydrogen) atoms. The highest BCUT2D eigenvalue weighted by atomic mass is 127. The van der Waals surface area contributed by atoms with Crippen molar-refractivity contribution < 1.29 is 92.8 Å². The lowest BCUT2D eigenvalue weighted by Gasteiger charge is -2.46.